The number of carbonyl (C=O) groups excluding carboxylic acids is 2. The van der Waals surface area contributed by atoms with Crippen LogP contribution in [0.4, 0.5) is 0 Å². The molecule has 1 N–H and O–H groups in total. The van der Waals surface area contributed by atoms with E-state index in [9.17, 15) is 9.59 Å². The van der Waals surface area contributed by atoms with Gasteiger partial charge in [0, 0.05) is 13.1 Å². The molecule has 2 amide bonds. The number of nitrogens with one attached hydrogen (secondary N) is 1. The summed E-state index contributed by atoms with van der Waals surface area (Å²) in [5, 5.41) is 2.93. The highest BCUT2D eigenvalue weighted by Gasteiger charge is 2.26. The molecule has 2 aromatic carbocycles. The fourth-order valence-corrected chi connectivity index (χ4v) is 3.40. The average molecular weight is 441 g/mol. The van der Waals surface area contributed by atoms with Gasteiger partial charge in [-0.3, -0.25) is 9.59 Å². The summed E-state index contributed by atoms with van der Waals surface area (Å²) in [7, 11) is 1.60. The van der Waals surface area contributed by atoms with Crippen molar-refractivity contribution in [3.8, 4) is 11.5 Å². The minimum absolute atomic E-state index is 0.139. The summed E-state index contributed by atoms with van der Waals surface area (Å²) in [6, 6.07) is 14.6. The van der Waals surface area contributed by atoms with E-state index >= 15 is 0 Å². The molecular weight excluding hydrogens is 404 g/mol. The zero-order valence-electron chi connectivity index (χ0n) is 19.9. The number of benzene rings is 2. The van der Waals surface area contributed by atoms with Gasteiger partial charge in [0.25, 0.3) is 5.91 Å². The first-order valence-electron chi connectivity index (χ1n) is 11.3. The Morgan fingerprint density at radius 3 is 2.50 bits per heavy atom. The van der Waals surface area contributed by atoms with E-state index < -0.39 is 6.04 Å². The first-order chi connectivity index (χ1) is 15.4. The van der Waals surface area contributed by atoms with Gasteiger partial charge in [-0.05, 0) is 48.6 Å². The zero-order valence-corrected chi connectivity index (χ0v) is 19.9. The number of hydrogen-bond donors (Lipinski definition) is 1. The highest BCUT2D eigenvalue weighted by molar-refractivity contribution is 5.88. The molecule has 6 heteroatoms. The molecule has 174 valence electrons. The first-order valence-corrected chi connectivity index (χ1v) is 11.3. The Morgan fingerprint density at radius 2 is 1.81 bits per heavy atom. The summed E-state index contributed by atoms with van der Waals surface area (Å²) < 4.78 is 11.2. The van der Waals surface area contributed by atoms with E-state index in [4.69, 9.17) is 9.47 Å². The predicted octanol–water partition coefficient (Wildman–Crippen LogP) is 4.53. The SMILES string of the molecule is CCCCNC(=O)[C@H](C)N(Cc1cccc(OC)c1)C(=O)COc1ccccc1C(C)C. The van der Waals surface area contributed by atoms with Gasteiger partial charge in [0.15, 0.2) is 6.61 Å². The minimum atomic E-state index is -0.630. The van der Waals surface area contributed by atoms with Gasteiger partial charge in [0.1, 0.15) is 17.5 Å². The van der Waals surface area contributed by atoms with Gasteiger partial charge in [-0.15, -0.1) is 0 Å². The Hall–Kier alpha value is -3.02. The van der Waals surface area contributed by atoms with Crippen molar-refractivity contribution >= 4 is 11.8 Å². The minimum Gasteiger partial charge on any atom is -0.497 e. The monoisotopic (exact) mass is 440 g/mol. The molecule has 0 fully saturated rings. The third-order valence-electron chi connectivity index (χ3n) is 5.38. The average Bonchev–Trinajstić information content (AvgIpc) is 2.80. The number of carbonyl (C=O) groups is 2. The standard InChI is InChI=1S/C26H36N2O4/c1-6-7-15-27-26(30)20(4)28(17-21-11-10-12-22(16-21)31-5)25(29)18-32-24-14-9-8-13-23(24)19(2)3/h8-14,16,19-20H,6-7,15,17-18H2,1-5H3,(H,27,30)/t20-/m0/s1. The second-order valence-corrected chi connectivity index (χ2v) is 8.17. The molecule has 2 aromatic rings. The molecule has 0 spiro atoms. The second-order valence-electron chi connectivity index (χ2n) is 8.17. The van der Waals surface area contributed by atoms with Crippen LogP contribution in [0.1, 0.15) is 57.6 Å². The summed E-state index contributed by atoms with van der Waals surface area (Å²) in [6.07, 6.45) is 1.89. The maximum absolute atomic E-state index is 13.2. The number of rotatable bonds is 12. The lowest BCUT2D eigenvalue weighted by Gasteiger charge is -2.29. The molecule has 0 radical (unpaired) electrons. The maximum Gasteiger partial charge on any atom is 0.261 e. The lowest BCUT2D eigenvalue weighted by atomic mass is 10.0. The zero-order chi connectivity index (χ0) is 23.5. The van der Waals surface area contributed by atoms with Gasteiger partial charge >= 0.3 is 0 Å². The summed E-state index contributed by atoms with van der Waals surface area (Å²) in [5.41, 5.74) is 1.93. The van der Waals surface area contributed by atoms with Crippen molar-refractivity contribution in [3.63, 3.8) is 0 Å². The number of methoxy groups -OCH3 is 1. The highest BCUT2D eigenvalue weighted by atomic mass is 16.5. The first kappa shape index (κ1) is 25.2. The van der Waals surface area contributed by atoms with Crippen LogP contribution in [0.25, 0.3) is 0 Å². The molecule has 0 heterocycles. The van der Waals surface area contributed by atoms with Crippen molar-refractivity contribution in [3.05, 3.63) is 59.7 Å². The molecule has 1 atom stereocenters. The largest absolute Gasteiger partial charge is 0.497 e. The fourth-order valence-electron chi connectivity index (χ4n) is 3.40. The molecule has 0 bridgehead atoms. The number of ether oxygens (including phenoxy) is 2. The molecule has 0 saturated heterocycles. The van der Waals surface area contributed by atoms with Crippen LogP contribution in [0.3, 0.4) is 0 Å². The van der Waals surface area contributed by atoms with E-state index in [2.05, 4.69) is 26.1 Å². The molecule has 6 nitrogen and oxygen atoms in total. The topological polar surface area (TPSA) is 67.9 Å². The van der Waals surface area contributed by atoms with Crippen LogP contribution in [-0.4, -0.2) is 43.0 Å². The van der Waals surface area contributed by atoms with Crippen LogP contribution >= 0.6 is 0 Å². The second kappa shape index (κ2) is 12.7. The Balaban J connectivity index is 2.18. The van der Waals surface area contributed by atoms with Crippen molar-refractivity contribution in [1.29, 1.82) is 0 Å². The molecule has 0 saturated carbocycles. The van der Waals surface area contributed by atoms with E-state index in [1.165, 1.54) is 0 Å². The van der Waals surface area contributed by atoms with Crippen molar-refractivity contribution in [2.45, 2.75) is 59.0 Å². The lowest BCUT2D eigenvalue weighted by Crippen LogP contribution is -2.49. The molecular formula is C26H36N2O4. The van der Waals surface area contributed by atoms with Crippen LogP contribution in [0.15, 0.2) is 48.5 Å². The van der Waals surface area contributed by atoms with Crippen LogP contribution in [-0.2, 0) is 16.1 Å². The highest BCUT2D eigenvalue weighted by Crippen LogP contribution is 2.26. The van der Waals surface area contributed by atoms with Crippen LogP contribution in [0.5, 0.6) is 11.5 Å². The summed E-state index contributed by atoms with van der Waals surface area (Å²) >= 11 is 0. The van der Waals surface area contributed by atoms with E-state index in [1.807, 2.05) is 48.5 Å². The van der Waals surface area contributed by atoms with Crippen molar-refractivity contribution in [1.82, 2.24) is 10.2 Å². The lowest BCUT2D eigenvalue weighted by molar-refractivity contribution is -0.142. The molecule has 0 aliphatic rings. The Labute approximate surface area is 191 Å². The summed E-state index contributed by atoms with van der Waals surface area (Å²) in [5.74, 6) is 1.26. The molecule has 0 aliphatic heterocycles. The smallest absolute Gasteiger partial charge is 0.261 e. The quantitative estimate of drug-likeness (QED) is 0.493. The third kappa shape index (κ3) is 7.29. The van der Waals surface area contributed by atoms with Crippen LogP contribution < -0.4 is 14.8 Å². The normalized spacial score (nSPS) is 11.7. The van der Waals surface area contributed by atoms with Gasteiger partial charge in [-0.1, -0.05) is 57.5 Å². The number of unbranched alkanes of at least 4 members (excludes halogenated alkanes) is 1. The van der Waals surface area contributed by atoms with E-state index in [1.54, 1.807) is 18.9 Å². The number of nitrogens with zero attached hydrogens (tertiary/aromatic N) is 1. The summed E-state index contributed by atoms with van der Waals surface area (Å²) in [4.78, 5) is 27.5. The van der Waals surface area contributed by atoms with Gasteiger partial charge in [0.05, 0.1) is 7.11 Å². The Morgan fingerprint density at radius 1 is 1.06 bits per heavy atom. The molecule has 2 rings (SSSR count). The van der Waals surface area contributed by atoms with Gasteiger partial charge in [-0.25, -0.2) is 0 Å². The van der Waals surface area contributed by atoms with E-state index in [0.29, 0.717) is 18.0 Å². The molecule has 0 aromatic heterocycles. The fraction of sp³-hybridized carbons (Fsp3) is 0.462. The maximum atomic E-state index is 13.2. The Kier molecular flexibility index (Phi) is 10.1. The van der Waals surface area contributed by atoms with Crippen molar-refractivity contribution in [2.24, 2.45) is 0 Å². The Bertz CT molecular complexity index is 882. The van der Waals surface area contributed by atoms with Crippen molar-refractivity contribution < 1.29 is 19.1 Å². The molecule has 32 heavy (non-hydrogen) atoms. The molecule has 0 aliphatic carbocycles. The number of para-hydroxylation sites is 1. The van der Waals surface area contributed by atoms with Gasteiger partial charge in [0.2, 0.25) is 5.91 Å². The van der Waals surface area contributed by atoms with E-state index in [-0.39, 0.29) is 30.9 Å². The van der Waals surface area contributed by atoms with E-state index in [0.717, 1.165) is 24.0 Å². The number of amides is 2. The van der Waals surface area contributed by atoms with Crippen molar-refractivity contribution in [2.75, 3.05) is 20.3 Å². The predicted molar refractivity (Wildman–Crippen MR) is 127 cm³/mol. The van der Waals surface area contributed by atoms with Crippen LogP contribution in [0, 0.1) is 0 Å². The van der Waals surface area contributed by atoms with Gasteiger partial charge in [-0.2, -0.15) is 0 Å². The summed E-state index contributed by atoms with van der Waals surface area (Å²) in [6.45, 7) is 8.73. The van der Waals surface area contributed by atoms with Crippen LogP contribution in [0.2, 0.25) is 0 Å². The van der Waals surface area contributed by atoms with Gasteiger partial charge < -0.3 is 19.7 Å². The third-order valence-corrected chi connectivity index (χ3v) is 5.38. The molecule has 0 unspecified atom stereocenters. The number of hydrogen-bond acceptors (Lipinski definition) is 4.